The number of amides is 1. The molecule has 0 N–H and O–H groups in total. The van der Waals surface area contributed by atoms with Crippen molar-refractivity contribution in [2.45, 2.75) is 31.3 Å². The van der Waals surface area contributed by atoms with Gasteiger partial charge in [0.15, 0.2) is 15.0 Å². The lowest BCUT2D eigenvalue weighted by Crippen LogP contribution is -2.38. The van der Waals surface area contributed by atoms with E-state index in [0.29, 0.717) is 0 Å². The number of anilines is 1. The molecule has 2 aliphatic rings. The maximum absolute atomic E-state index is 13.2. The Labute approximate surface area is 163 Å². The van der Waals surface area contributed by atoms with Gasteiger partial charge in [-0.2, -0.15) is 18.2 Å². The fourth-order valence-corrected chi connectivity index (χ4v) is 7.11. The highest BCUT2D eigenvalue weighted by atomic mass is 35.5. The summed E-state index contributed by atoms with van der Waals surface area (Å²) in [6, 6.07) is 2.77. The van der Waals surface area contributed by atoms with Crippen molar-refractivity contribution in [1.82, 2.24) is 0 Å². The summed E-state index contributed by atoms with van der Waals surface area (Å²) >= 11 is 6.79. The zero-order valence-corrected chi connectivity index (χ0v) is 16.7. The number of halogens is 4. The number of fused-ring (bicyclic) bond motifs is 1. The predicted molar refractivity (Wildman–Crippen MR) is 100 cm³/mol. The van der Waals surface area contributed by atoms with Gasteiger partial charge in [0, 0.05) is 16.9 Å². The lowest BCUT2D eigenvalue weighted by atomic mass is 10.1. The van der Waals surface area contributed by atoms with Crippen molar-refractivity contribution in [1.29, 1.82) is 0 Å². The van der Waals surface area contributed by atoms with Gasteiger partial charge in [-0.3, -0.25) is 4.79 Å². The fourth-order valence-electron chi connectivity index (χ4n) is 2.97. The number of nitrogens with zero attached hydrogens (tertiary/aromatic N) is 2. The van der Waals surface area contributed by atoms with Crippen LogP contribution in [0.4, 0.5) is 18.9 Å². The molecule has 3 rings (SSSR count). The third-order valence-corrected chi connectivity index (χ3v) is 7.84. The summed E-state index contributed by atoms with van der Waals surface area (Å²) in [5.41, 5.74) is -0.912. The number of aliphatic imine (C=N–C) groups is 1. The van der Waals surface area contributed by atoms with Crippen molar-refractivity contribution in [3.05, 3.63) is 28.8 Å². The lowest BCUT2D eigenvalue weighted by molar-refractivity contribution is -0.137. The number of rotatable bonds is 2. The van der Waals surface area contributed by atoms with E-state index in [-0.39, 0.29) is 28.3 Å². The average Bonchev–Trinajstić information content (AvgIpc) is 2.97. The van der Waals surface area contributed by atoms with Gasteiger partial charge in [-0.15, -0.1) is 0 Å². The third kappa shape index (κ3) is 4.12. The van der Waals surface area contributed by atoms with Crippen LogP contribution in [0.5, 0.6) is 0 Å². The Morgan fingerprint density at radius 2 is 2.00 bits per heavy atom. The first-order valence-corrected chi connectivity index (χ1v) is 11.1. The van der Waals surface area contributed by atoms with E-state index in [1.54, 1.807) is 13.8 Å². The molecule has 2 fully saturated rings. The van der Waals surface area contributed by atoms with E-state index in [4.69, 9.17) is 11.6 Å². The Bertz CT molecular complexity index is 916. The topological polar surface area (TPSA) is 66.8 Å². The first-order chi connectivity index (χ1) is 12.4. The van der Waals surface area contributed by atoms with Gasteiger partial charge < -0.3 is 4.90 Å². The smallest absolute Gasteiger partial charge is 0.316 e. The van der Waals surface area contributed by atoms with Gasteiger partial charge in [-0.25, -0.2) is 8.42 Å². The summed E-state index contributed by atoms with van der Waals surface area (Å²) < 4.78 is 63.7. The molecule has 0 bridgehead atoms. The second-order valence-electron chi connectivity index (χ2n) is 6.72. The van der Waals surface area contributed by atoms with E-state index in [1.807, 2.05) is 0 Å². The number of carbonyl (C=O) groups excluding carboxylic acids is 1. The molecule has 2 aliphatic heterocycles. The van der Waals surface area contributed by atoms with Crippen molar-refractivity contribution < 1.29 is 26.4 Å². The minimum Gasteiger partial charge on any atom is -0.316 e. The summed E-state index contributed by atoms with van der Waals surface area (Å²) in [6.45, 7) is 3.32. The van der Waals surface area contributed by atoms with Crippen LogP contribution in [0.15, 0.2) is 23.2 Å². The third-order valence-electron chi connectivity index (χ3n) is 4.30. The number of benzene rings is 1. The number of amidine groups is 1. The maximum atomic E-state index is 13.2. The molecule has 27 heavy (non-hydrogen) atoms. The number of thioether (sulfide) groups is 1. The minimum atomic E-state index is -4.66. The molecule has 0 spiro atoms. The zero-order chi connectivity index (χ0) is 20.1. The van der Waals surface area contributed by atoms with Gasteiger partial charge in [0.05, 0.1) is 28.1 Å². The molecular formula is C16H16ClF3N2O3S2. The fraction of sp³-hybridized carbons (Fsp3) is 0.500. The molecule has 0 aliphatic carbocycles. The summed E-state index contributed by atoms with van der Waals surface area (Å²) in [4.78, 5) is 17.5. The summed E-state index contributed by atoms with van der Waals surface area (Å²) in [6.07, 6.45) is -4.66. The Hall–Kier alpha value is -1.26. The number of hydrogen-bond donors (Lipinski definition) is 0. The molecule has 2 atom stereocenters. The highest BCUT2D eigenvalue weighted by molar-refractivity contribution is 8.16. The van der Waals surface area contributed by atoms with Gasteiger partial charge in [-0.1, -0.05) is 37.2 Å². The first kappa shape index (κ1) is 20.5. The van der Waals surface area contributed by atoms with E-state index in [0.717, 1.165) is 23.9 Å². The lowest BCUT2D eigenvalue weighted by Gasteiger charge is -2.25. The van der Waals surface area contributed by atoms with Crippen molar-refractivity contribution in [3.8, 4) is 0 Å². The van der Waals surface area contributed by atoms with Crippen LogP contribution in [-0.2, 0) is 20.8 Å². The van der Waals surface area contributed by atoms with E-state index >= 15 is 0 Å². The molecule has 0 aromatic heterocycles. The number of hydrogen-bond acceptors (Lipinski definition) is 4. The van der Waals surface area contributed by atoms with Crippen molar-refractivity contribution in [3.63, 3.8) is 0 Å². The van der Waals surface area contributed by atoms with E-state index in [1.165, 1.54) is 11.0 Å². The standard InChI is InChI=1S/C16H16ClF3N2O3S2/c1-8(2)14(23)21-15-22(12-6-27(24,25)7-13(12)26-15)9-3-4-11(17)10(5-9)16(18,19)20/h3-5,8,12-13H,6-7H2,1-2H3. The molecule has 1 amide bonds. The highest BCUT2D eigenvalue weighted by Gasteiger charge is 2.49. The Kier molecular flexibility index (Phi) is 5.28. The number of alkyl halides is 3. The van der Waals surface area contributed by atoms with Gasteiger partial charge in [-0.05, 0) is 18.2 Å². The van der Waals surface area contributed by atoms with Crippen LogP contribution in [0.3, 0.4) is 0 Å². The van der Waals surface area contributed by atoms with Gasteiger partial charge in [0.1, 0.15) is 0 Å². The van der Waals surface area contributed by atoms with Crippen LogP contribution in [0.2, 0.25) is 5.02 Å². The van der Waals surface area contributed by atoms with E-state index in [2.05, 4.69) is 4.99 Å². The largest absolute Gasteiger partial charge is 0.417 e. The molecule has 2 saturated heterocycles. The maximum Gasteiger partial charge on any atom is 0.417 e. The molecule has 0 radical (unpaired) electrons. The van der Waals surface area contributed by atoms with Crippen LogP contribution < -0.4 is 4.90 Å². The molecule has 11 heteroatoms. The monoisotopic (exact) mass is 440 g/mol. The van der Waals surface area contributed by atoms with Crippen LogP contribution in [0.25, 0.3) is 0 Å². The molecular weight excluding hydrogens is 425 g/mol. The highest BCUT2D eigenvalue weighted by Crippen LogP contribution is 2.43. The van der Waals surface area contributed by atoms with Crippen molar-refractivity contribution >= 4 is 50.0 Å². The molecule has 2 unspecified atom stereocenters. The molecule has 1 aromatic carbocycles. The predicted octanol–water partition coefficient (Wildman–Crippen LogP) is 3.62. The van der Waals surface area contributed by atoms with Crippen LogP contribution >= 0.6 is 23.4 Å². The zero-order valence-electron chi connectivity index (χ0n) is 14.3. The minimum absolute atomic E-state index is 0.104. The molecule has 0 saturated carbocycles. The van der Waals surface area contributed by atoms with Gasteiger partial charge in [0.25, 0.3) is 5.91 Å². The number of carbonyl (C=O) groups is 1. The van der Waals surface area contributed by atoms with Gasteiger partial charge >= 0.3 is 6.18 Å². The second-order valence-corrected chi connectivity index (χ2v) is 10.5. The van der Waals surface area contributed by atoms with Crippen LogP contribution in [-0.4, -0.2) is 42.3 Å². The Morgan fingerprint density at radius 3 is 2.59 bits per heavy atom. The quantitative estimate of drug-likeness (QED) is 0.702. The SMILES string of the molecule is CC(C)C(=O)N=C1SC2CS(=O)(=O)CC2N1c1ccc(Cl)c(C(F)(F)F)c1. The molecule has 1 aromatic rings. The molecule has 148 valence electrons. The average molecular weight is 441 g/mol. The normalized spacial score (nSPS) is 26.0. The van der Waals surface area contributed by atoms with Crippen molar-refractivity contribution in [2.75, 3.05) is 16.4 Å². The molecule has 2 heterocycles. The number of sulfone groups is 1. The molecule has 5 nitrogen and oxygen atoms in total. The van der Waals surface area contributed by atoms with Gasteiger partial charge in [0.2, 0.25) is 0 Å². The summed E-state index contributed by atoms with van der Waals surface area (Å²) in [5.74, 6) is -1.12. The van der Waals surface area contributed by atoms with Crippen molar-refractivity contribution in [2.24, 2.45) is 10.9 Å². The van der Waals surface area contributed by atoms with E-state index < -0.39 is 43.8 Å². The summed E-state index contributed by atoms with van der Waals surface area (Å²) in [5, 5.41) is -0.627. The van der Waals surface area contributed by atoms with Crippen LogP contribution in [0.1, 0.15) is 19.4 Å². The van der Waals surface area contributed by atoms with E-state index in [9.17, 15) is 26.4 Å². The first-order valence-electron chi connectivity index (χ1n) is 8.04. The summed E-state index contributed by atoms with van der Waals surface area (Å²) in [7, 11) is -3.31. The van der Waals surface area contributed by atoms with Crippen LogP contribution in [0, 0.1) is 5.92 Å². The Morgan fingerprint density at radius 1 is 1.33 bits per heavy atom. The Balaban J connectivity index is 2.09. The second kappa shape index (κ2) is 6.97.